The van der Waals surface area contributed by atoms with Crippen LogP contribution in [0.3, 0.4) is 0 Å². The Morgan fingerprint density at radius 2 is 1.59 bits per heavy atom. The van der Waals surface area contributed by atoms with Gasteiger partial charge in [-0.1, -0.05) is 67.9 Å². The minimum Gasteiger partial charge on any atom is -0.462 e. The van der Waals surface area contributed by atoms with E-state index in [0.29, 0.717) is 31.3 Å². The number of allylic oxidation sites excluding steroid dienone is 1. The van der Waals surface area contributed by atoms with Gasteiger partial charge in [-0.25, -0.2) is 9.97 Å². The molecule has 1 heterocycles. The molecular weight excluding hydrogens is 705 g/mol. The van der Waals surface area contributed by atoms with Crippen LogP contribution in [0.1, 0.15) is 132 Å². The van der Waals surface area contributed by atoms with Gasteiger partial charge in [-0.2, -0.15) is 0 Å². The fourth-order valence-electron chi connectivity index (χ4n) is 13.6. The Kier molecular flexibility index (Phi) is 11.9. The summed E-state index contributed by atoms with van der Waals surface area (Å²) in [5, 5.41) is 32.3. The van der Waals surface area contributed by atoms with Crippen molar-refractivity contribution in [2.24, 2.45) is 56.2 Å². The normalized spacial score (nSPS) is 36.1. The number of aromatic nitrogens is 2. The lowest BCUT2D eigenvalue weighted by atomic mass is 9.33. The summed E-state index contributed by atoms with van der Waals surface area (Å²) < 4.78 is 6.23. The van der Waals surface area contributed by atoms with Crippen molar-refractivity contribution in [3.63, 3.8) is 0 Å². The molecule has 9 atom stereocenters. The lowest BCUT2D eigenvalue weighted by Gasteiger charge is -2.72. The van der Waals surface area contributed by atoms with Crippen molar-refractivity contribution in [2.45, 2.75) is 152 Å². The Morgan fingerprint density at radius 1 is 0.911 bits per heavy atom. The van der Waals surface area contributed by atoms with E-state index in [2.05, 4.69) is 82.3 Å². The maximum atomic E-state index is 14.3. The van der Waals surface area contributed by atoms with Crippen molar-refractivity contribution in [1.29, 1.82) is 0 Å². The molecule has 10 nitrogen and oxygen atoms in total. The number of Topliss-reactive ketones (excluding diaryl/α,β-unsaturated/α-hetero) is 1. The van der Waals surface area contributed by atoms with Crippen LogP contribution in [0, 0.1) is 56.2 Å². The largest absolute Gasteiger partial charge is 0.462 e. The number of carbonyl (C=O) groups is 2. The van der Waals surface area contributed by atoms with E-state index in [4.69, 9.17) is 4.74 Å². The summed E-state index contributed by atoms with van der Waals surface area (Å²) in [7, 11) is 4.15. The van der Waals surface area contributed by atoms with Crippen LogP contribution in [0.5, 0.6) is 0 Å². The molecule has 0 spiro atoms. The van der Waals surface area contributed by atoms with Gasteiger partial charge in [0.05, 0.1) is 12.5 Å². The van der Waals surface area contributed by atoms with Crippen LogP contribution >= 0.6 is 0 Å². The third-order valence-electron chi connectivity index (χ3n) is 16.9. The average molecular weight is 779 g/mol. The highest BCUT2D eigenvalue weighted by Gasteiger charge is 2.71. The number of ether oxygens (including phenoxy) is 1. The van der Waals surface area contributed by atoms with Crippen LogP contribution in [-0.4, -0.2) is 99.1 Å². The number of fused-ring (bicyclic) bond motifs is 7. The van der Waals surface area contributed by atoms with E-state index in [9.17, 15) is 24.9 Å². The zero-order valence-corrected chi connectivity index (χ0v) is 36.5. The SMILES string of the molecule is CC(C)C1=C2C3CCC4C5(C)CCC(OC(=O)CC(C)(C)C(O)O)C(C)(C)C5CCC4(C)C3(C)CCC2(C(O)CN(CCN(C)C)Cc2cncnc2)CC1=O. The van der Waals surface area contributed by atoms with Gasteiger partial charge < -0.3 is 25.0 Å². The molecule has 314 valence electrons. The molecule has 1 aromatic heterocycles. The number of ketones is 1. The monoisotopic (exact) mass is 779 g/mol. The van der Waals surface area contributed by atoms with Gasteiger partial charge in [0.1, 0.15) is 12.4 Å². The zero-order chi connectivity index (χ0) is 41.2. The first-order chi connectivity index (χ1) is 26.0. The molecule has 5 aliphatic rings. The molecule has 4 fully saturated rings. The molecular formula is C46H74N4O6. The summed E-state index contributed by atoms with van der Waals surface area (Å²) >= 11 is 0. The second-order valence-electron chi connectivity index (χ2n) is 21.5. The summed E-state index contributed by atoms with van der Waals surface area (Å²) in [6, 6.07) is 0. The molecule has 1 aromatic rings. The maximum Gasteiger partial charge on any atom is 0.306 e. The Bertz CT molecular complexity index is 1640. The van der Waals surface area contributed by atoms with E-state index < -0.39 is 23.2 Å². The van der Waals surface area contributed by atoms with Crippen molar-refractivity contribution in [1.82, 2.24) is 19.8 Å². The Hall–Kier alpha value is -2.24. The lowest BCUT2D eigenvalue weighted by molar-refractivity contribution is -0.236. The van der Waals surface area contributed by atoms with Gasteiger partial charge in [-0.15, -0.1) is 0 Å². The van der Waals surface area contributed by atoms with Crippen molar-refractivity contribution in [2.75, 3.05) is 33.7 Å². The number of carbonyl (C=O) groups excluding carboxylic acids is 2. The number of aliphatic hydroxyl groups excluding tert-OH is 2. The van der Waals surface area contributed by atoms with Crippen LogP contribution in [-0.2, 0) is 20.9 Å². The van der Waals surface area contributed by atoms with Crippen molar-refractivity contribution in [3.05, 3.63) is 35.4 Å². The molecule has 0 saturated heterocycles. The highest BCUT2D eigenvalue weighted by Crippen LogP contribution is 2.77. The van der Waals surface area contributed by atoms with Crippen LogP contribution in [0.25, 0.3) is 0 Å². The highest BCUT2D eigenvalue weighted by molar-refractivity contribution is 6.00. The molecule has 0 radical (unpaired) electrons. The number of rotatable bonds is 13. The van der Waals surface area contributed by atoms with E-state index >= 15 is 0 Å². The molecule has 4 saturated carbocycles. The van der Waals surface area contributed by atoms with Gasteiger partial charge in [0.15, 0.2) is 12.1 Å². The fraction of sp³-hybridized carbons (Fsp3) is 0.826. The summed E-state index contributed by atoms with van der Waals surface area (Å²) in [5.74, 6) is 1.09. The first-order valence-electron chi connectivity index (χ1n) is 21.7. The van der Waals surface area contributed by atoms with Crippen molar-refractivity contribution in [3.8, 4) is 0 Å². The molecule has 56 heavy (non-hydrogen) atoms. The van der Waals surface area contributed by atoms with E-state index in [1.54, 1.807) is 20.2 Å². The molecule has 5 aliphatic carbocycles. The smallest absolute Gasteiger partial charge is 0.306 e. The van der Waals surface area contributed by atoms with Crippen LogP contribution < -0.4 is 0 Å². The number of aliphatic hydroxyl groups is 3. The fourth-order valence-corrected chi connectivity index (χ4v) is 13.6. The predicted molar refractivity (Wildman–Crippen MR) is 218 cm³/mol. The summed E-state index contributed by atoms with van der Waals surface area (Å²) in [6.45, 7) is 22.7. The van der Waals surface area contributed by atoms with Gasteiger partial charge in [-0.3, -0.25) is 14.5 Å². The molecule has 3 N–H and O–H groups in total. The first kappa shape index (κ1) is 43.3. The number of esters is 1. The van der Waals surface area contributed by atoms with Gasteiger partial charge >= 0.3 is 5.97 Å². The van der Waals surface area contributed by atoms with E-state index in [-0.39, 0.29) is 57.8 Å². The number of hydrogen-bond acceptors (Lipinski definition) is 10. The van der Waals surface area contributed by atoms with E-state index in [0.717, 1.165) is 75.6 Å². The Labute approximate surface area is 337 Å². The quantitative estimate of drug-likeness (QED) is 0.145. The van der Waals surface area contributed by atoms with Gasteiger partial charge in [0, 0.05) is 66.8 Å². The maximum absolute atomic E-state index is 14.3. The third kappa shape index (κ3) is 7.24. The predicted octanol–water partition coefficient (Wildman–Crippen LogP) is 6.82. The number of hydrogen-bond donors (Lipinski definition) is 3. The van der Waals surface area contributed by atoms with Gasteiger partial charge in [0.25, 0.3) is 0 Å². The van der Waals surface area contributed by atoms with Crippen molar-refractivity contribution >= 4 is 11.8 Å². The Morgan fingerprint density at radius 3 is 2.21 bits per heavy atom. The summed E-state index contributed by atoms with van der Waals surface area (Å²) in [6.07, 6.45) is 11.0. The number of likely N-dealkylation sites (N-methyl/N-ethyl adjacent to an activating group) is 1. The van der Waals surface area contributed by atoms with Crippen LogP contribution in [0.4, 0.5) is 0 Å². The van der Waals surface area contributed by atoms with Gasteiger partial charge in [-0.05, 0) is 111 Å². The lowest BCUT2D eigenvalue weighted by Crippen LogP contribution is -2.66. The Balaban J connectivity index is 1.28. The van der Waals surface area contributed by atoms with Crippen LogP contribution in [0.15, 0.2) is 29.9 Å². The van der Waals surface area contributed by atoms with Crippen molar-refractivity contribution < 1.29 is 29.6 Å². The molecule has 9 unspecified atom stereocenters. The topological polar surface area (TPSA) is 136 Å². The first-order valence-corrected chi connectivity index (χ1v) is 21.7. The number of nitrogens with zero attached hydrogens (tertiary/aromatic N) is 4. The zero-order valence-electron chi connectivity index (χ0n) is 36.5. The van der Waals surface area contributed by atoms with E-state index in [1.807, 2.05) is 12.4 Å². The molecule has 0 aromatic carbocycles. The molecule has 0 bridgehead atoms. The standard InChI is InChI=1S/C46H74N4O6/c1-29(2)38-32(51)22-46(35(52)27-50(21-20-49(10)11)26-30-24-47-28-48-25-30)19-18-44(8)31(39(38)46)12-13-34-43(7)16-15-36(56-37(53)23-41(3,4)40(54)55)42(5,6)33(43)14-17-45(34,44)9/h24-25,28-29,31,33-36,40,52,54-55H,12-23,26-27H2,1-11H3. The molecule has 10 heteroatoms. The molecule has 6 rings (SSSR count). The molecule has 0 amide bonds. The van der Waals surface area contributed by atoms with E-state index in [1.165, 1.54) is 5.57 Å². The van der Waals surface area contributed by atoms with Crippen LogP contribution in [0.2, 0.25) is 0 Å². The average Bonchev–Trinajstić information content (AvgIpc) is 3.42. The highest BCUT2D eigenvalue weighted by atomic mass is 16.5. The third-order valence-corrected chi connectivity index (χ3v) is 16.9. The van der Waals surface area contributed by atoms with Gasteiger partial charge in [0.2, 0.25) is 0 Å². The minimum atomic E-state index is -1.59. The summed E-state index contributed by atoms with van der Waals surface area (Å²) in [4.78, 5) is 40.5. The second-order valence-corrected chi connectivity index (χ2v) is 21.5. The summed E-state index contributed by atoms with van der Waals surface area (Å²) in [5.41, 5.74) is 1.64. The second kappa shape index (κ2) is 15.4. The molecule has 0 aliphatic heterocycles. The minimum absolute atomic E-state index is 0.0244.